The highest BCUT2D eigenvalue weighted by Crippen LogP contribution is 2.20. The topological polar surface area (TPSA) is 104 Å². The number of phenols is 1. The molecule has 7 heteroatoms. The third kappa shape index (κ3) is 5.07. The summed E-state index contributed by atoms with van der Waals surface area (Å²) in [6.07, 6.45) is 7.39. The highest BCUT2D eigenvalue weighted by molar-refractivity contribution is 6.05. The number of aromatic nitrogens is 2. The molecular formula is C18H23N3O4. The van der Waals surface area contributed by atoms with Crippen LogP contribution in [0.3, 0.4) is 0 Å². The Morgan fingerprint density at radius 3 is 2.68 bits per heavy atom. The fraction of sp³-hybridized carbons (Fsp3) is 0.389. The van der Waals surface area contributed by atoms with Crippen LogP contribution in [0, 0.1) is 0 Å². The first kappa shape index (κ1) is 18.5. The molecule has 25 heavy (non-hydrogen) atoms. The number of aliphatic carboxylic acids is 1. The second-order valence-corrected chi connectivity index (χ2v) is 5.88. The molecule has 3 N–H and O–H groups in total. The monoisotopic (exact) mass is 345 g/mol. The van der Waals surface area contributed by atoms with Gasteiger partial charge in [0.2, 0.25) is 0 Å². The molecular weight excluding hydrogens is 322 g/mol. The first-order chi connectivity index (χ1) is 12.0. The number of hydrogen-bond donors (Lipinski definition) is 3. The summed E-state index contributed by atoms with van der Waals surface area (Å²) in [6, 6.07) is 5.47. The van der Waals surface area contributed by atoms with Gasteiger partial charge in [0, 0.05) is 6.20 Å². The van der Waals surface area contributed by atoms with E-state index in [0.29, 0.717) is 6.42 Å². The van der Waals surface area contributed by atoms with E-state index in [0.717, 1.165) is 25.7 Å². The van der Waals surface area contributed by atoms with Crippen molar-refractivity contribution < 1.29 is 19.8 Å². The van der Waals surface area contributed by atoms with Gasteiger partial charge in [0.1, 0.15) is 11.8 Å². The normalized spacial score (nSPS) is 11.9. The number of anilines is 1. The molecule has 1 heterocycles. The van der Waals surface area contributed by atoms with Crippen molar-refractivity contribution >= 4 is 17.7 Å². The molecule has 134 valence electrons. The Hall–Kier alpha value is -2.83. The molecule has 1 aromatic heterocycles. The van der Waals surface area contributed by atoms with Gasteiger partial charge >= 0.3 is 5.97 Å². The van der Waals surface area contributed by atoms with Crippen LogP contribution >= 0.6 is 0 Å². The van der Waals surface area contributed by atoms with Crippen molar-refractivity contribution in [2.45, 2.75) is 45.1 Å². The summed E-state index contributed by atoms with van der Waals surface area (Å²) in [7, 11) is 0. The SMILES string of the molecule is CCCCCCC(C(=O)O)n1cnc(NC(=O)c2ccccc2O)c1. The van der Waals surface area contributed by atoms with Gasteiger partial charge < -0.3 is 20.1 Å². The number of carbonyl (C=O) groups is 2. The fourth-order valence-electron chi connectivity index (χ4n) is 2.59. The highest BCUT2D eigenvalue weighted by Gasteiger charge is 2.20. The Labute approximate surface area is 146 Å². The van der Waals surface area contributed by atoms with Crippen molar-refractivity contribution in [2.75, 3.05) is 5.32 Å². The summed E-state index contributed by atoms with van der Waals surface area (Å²) in [5, 5.41) is 21.7. The lowest BCUT2D eigenvalue weighted by molar-refractivity contribution is -0.141. The first-order valence-electron chi connectivity index (χ1n) is 8.38. The largest absolute Gasteiger partial charge is 0.507 e. The van der Waals surface area contributed by atoms with Gasteiger partial charge in [-0.15, -0.1) is 0 Å². The molecule has 1 atom stereocenters. The molecule has 1 amide bonds. The number of nitrogens with one attached hydrogen (secondary N) is 1. The smallest absolute Gasteiger partial charge is 0.326 e. The van der Waals surface area contributed by atoms with Gasteiger partial charge in [0.25, 0.3) is 5.91 Å². The summed E-state index contributed by atoms with van der Waals surface area (Å²) in [6.45, 7) is 2.10. The minimum Gasteiger partial charge on any atom is -0.507 e. The maximum absolute atomic E-state index is 12.2. The van der Waals surface area contributed by atoms with Crippen molar-refractivity contribution in [3.63, 3.8) is 0 Å². The molecule has 0 aliphatic heterocycles. The van der Waals surface area contributed by atoms with Crippen LogP contribution in [-0.4, -0.2) is 31.6 Å². The third-order valence-electron chi connectivity index (χ3n) is 3.97. The Balaban J connectivity index is 2.03. The number of unbranched alkanes of at least 4 members (excludes halogenated alkanes) is 3. The Kier molecular flexibility index (Phi) is 6.56. The van der Waals surface area contributed by atoms with Crippen molar-refractivity contribution in [2.24, 2.45) is 0 Å². The van der Waals surface area contributed by atoms with E-state index in [1.807, 2.05) is 0 Å². The number of imidazole rings is 1. The minimum atomic E-state index is -0.924. The van der Waals surface area contributed by atoms with Crippen LogP contribution in [-0.2, 0) is 4.79 Å². The third-order valence-corrected chi connectivity index (χ3v) is 3.97. The van der Waals surface area contributed by atoms with Crippen LogP contribution in [0.1, 0.15) is 55.4 Å². The van der Waals surface area contributed by atoms with Crippen LogP contribution in [0.5, 0.6) is 5.75 Å². The molecule has 0 spiro atoms. The minimum absolute atomic E-state index is 0.126. The van der Waals surface area contributed by atoms with E-state index < -0.39 is 17.9 Å². The zero-order valence-electron chi connectivity index (χ0n) is 14.2. The maximum atomic E-state index is 12.2. The van der Waals surface area contributed by atoms with Gasteiger partial charge in [-0.2, -0.15) is 0 Å². The number of amides is 1. The number of benzene rings is 1. The van der Waals surface area contributed by atoms with E-state index in [4.69, 9.17) is 0 Å². The predicted molar refractivity (Wildman–Crippen MR) is 93.7 cm³/mol. The van der Waals surface area contributed by atoms with E-state index >= 15 is 0 Å². The molecule has 0 saturated heterocycles. The molecule has 0 aliphatic rings. The molecule has 2 aromatic rings. The summed E-state index contributed by atoms with van der Waals surface area (Å²) in [5.41, 5.74) is 0.131. The number of aromatic hydroxyl groups is 1. The van der Waals surface area contributed by atoms with Gasteiger partial charge in [-0.1, -0.05) is 44.7 Å². The van der Waals surface area contributed by atoms with E-state index in [9.17, 15) is 19.8 Å². The number of para-hydroxylation sites is 1. The van der Waals surface area contributed by atoms with Gasteiger partial charge in [-0.05, 0) is 18.6 Å². The van der Waals surface area contributed by atoms with Crippen LogP contribution in [0.15, 0.2) is 36.8 Å². The zero-order valence-corrected chi connectivity index (χ0v) is 14.2. The van der Waals surface area contributed by atoms with E-state index in [-0.39, 0.29) is 17.1 Å². The highest BCUT2D eigenvalue weighted by atomic mass is 16.4. The number of nitrogens with zero attached hydrogens (tertiary/aromatic N) is 2. The lowest BCUT2D eigenvalue weighted by Gasteiger charge is -2.13. The van der Waals surface area contributed by atoms with E-state index in [1.165, 1.54) is 29.2 Å². The molecule has 0 radical (unpaired) electrons. The first-order valence-corrected chi connectivity index (χ1v) is 8.38. The molecule has 1 unspecified atom stereocenters. The van der Waals surface area contributed by atoms with Gasteiger partial charge in [-0.3, -0.25) is 4.79 Å². The summed E-state index contributed by atoms with van der Waals surface area (Å²) < 4.78 is 1.49. The van der Waals surface area contributed by atoms with Crippen LogP contribution in [0.4, 0.5) is 5.82 Å². The van der Waals surface area contributed by atoms with Crippen LogP contribution in [0.25, 0.3) is 0 Å². The number of phenolic OH excluding ortho intramolecular Hbond substituents is 1. The maximum Gasteiger partial charge on any atom is 0.326 e. The number of carbonyl (C=O) groups excluding carboxylic acids is 1. The zero-order chi connectivity index (χ0) is 18.2. The molecule has 1 aromatic carbocycles. The quantitative estimate of drug-likeness (QED) is 0.604. The lowest BCUT2D eigenvalue weighted by Crippen LogP contribution is -2.18. The summed E-state index contributed by atoms with van der Waals surface area (Å²) in [4.78, 5) is 27.7. The van der Waals surface area contributed by atoms with Crippen molar-refractivity contribution in [3.8, 4) is 5.75 Å². The molecule has 0 fully saturated rings. The molecule has 0 bridgehead atoms. The van der Waals surface area contributed by atoms with Crippen LogP contribution < -0.4 is 5.32 Å². The second kappa shape index (κ2) is 8.86. The predicted octanol–water partition coefficient (Wildman–Crippen LogP) is 3.44. The van der Waals surface area contributed by atoms with Crippen molar-refractivity contribution in [3.05, 3.63) is 42.4 Å². The summed E-state index contributed by atoms with van der Waals surface area (Å²) >= 11 is 0. The molecule has 0 aliphatic carbocycles. The van der Waals surface area contributed by atoms with Gasteiger partial charge in [0.05, 0.1) is 11.9 Å². The molecule has 2 rings (SSSR count). The van der Waals surface area contributed by atoms with Crippen LogP contribution in [0.2, 0.25) is 0 Å². The number of carboxylic acid groups (broad SMARTS) is 1. The number of rotatable bonds is 9. The number of carboxylic acids is 1. The van der Waals surface area contributed by atoms with Gasteiger partial charge in [0.15, 0.2) is 5.82 Å². The van der Waals surface area contributed by atoms with Crippen molar-refractivity contribution in [1.29, 1.82) is 0 Å². The summed E-state index contributed by atoms with van der Waals surface area (Å²) in [5.74, 6) is -1.31. The average molecular weight is 345 g/mol. The molecule has 7 nitrogen and oxygen atoms in total. The second-order valence-electron chi connectivity index (χ2n) is 5.88. The Bertz CT molecular complexity index is 727. The molecule has 0 saturated carbocycles. The van der Waals surface area contributed by atoms with E-state index in [2.05, 4.69) is 17.2 Å². The Morgan fingerprint density at radius 2 is 2.00 bits per heavy atom. The lowest BCUT2D eigenvalue weighted by atomic mass is 10.1. The standard InChI is InChI=1S/C18H23N3O4/c1-2-3-4-5-9-14(18(24)25)21-11-16(19-12-21)20-17(23)13-8-6-7-10-15(13)22/h6-8,10-12,14,22H,2-5,9H2,1H3,(H,20,23)(H,24,25). The van der Waals surface area contributed by atoms with Crippen molar-refractivity contribution in [1.82, 2.24) is 9.55 Å². The number of hydrogen-bond acceptors (Lipinski definition) is 4. The Morgan fingerprint density at radius 1 is 1.24 bits per heavy atom. The fourth-order valence-corrected chi connectivity index (χ4v) is 2.59. The van der Waals surface area contributed by atoms with Gasteiger partial charge in [-0.25, -0.2) is 9.78 Å². The van der Waals surface area contributed by atoms with E-state index in [1.54, 1.807) is 12.1 Å². The average Bonchev–Trinajstić information content (AvgIpc) is 3.02.